The second kappa shape index (κ2) is 6.79. The number of nitrogens with one attached hydrogen (secondary N) is 1. The standard InChI is InChI=1S/C12H15F2N3O.ClH/c13-8-1-2-10(14)11(5-8)16-12(18)7-17-4-3-9(15)6-17;/h1-2,5,9H,3-4,6-7,15H2,(H,16,18);1H. The number of benzene rings is 1. The molecular weight excluding hydrogens is 276 g/mol. The lowest BCUT2D eigenvalue weighted by molar-refractivity contribution is -0.117. The molecule has 1 atom stereocenters. The molecule has 1 saturated heterocycles. The number of nitrogens with two attached hydrogens (primary N) is 1. The van der Waals surface area contributed by atoms with Gasteiger partial charge in [-0.2, -0.15) is 0 Å². The molecule has 1 aliphatic heterocycles. The minimum absolute atomic E-state index is 0. The fourth-order valence-electron chi connectivity index (χ4n) is 1.99. The number of amides is 1. The van der Waals surface area contributed by atoms with E-state index in [1.54, 1.807) is 0 Å². The molecule has 0 aromatic heterocycles. The minimum Gasteiger partial charge on any atom is -0.326 e. The number of rotatable bonds is 3. The summed E-state index contributed by atoms with van der Waals surface area (Å²) in [7, 11) is 0. The number of likely N-dealkylation sites (tertiary alicyclic amines) is 1. The number of carbonyl (C=O) groups excluding carboxylic acids is 1. The molecule has 0 aliphatic carbocycles. The van der Waals surface area contributed by atoms with Crippen molar-refractivity contribution in [1.82, 2.24) is 4.90 Å². The highest BCUT2D eigenvalue weighted by molar-refractivity contribution is 5.92. The number of hydrogen-bond donors (Lipinski definition) is 2. The molecule has 1 fully saturated rings. The van der Waals surface area contributed by atoms with Crippen LogP contribution in [0, 0.1) is 11.6 Å². The van der Waals surface area contributed by atoms with Crippen LogP contribution in [0.2, 0.25) is 0 Å². The van der Waals surface area contributed by atoms with E-state index in [0.29, 0.717) is 6.54 Å². The van der Waals surface area contributed by atoms with Crippen molar-refractivity contribution in [3.63, 3.8) is 0 Å². The van der Waals surface area contributed by atoms with Gasteiger partial charge in [-0.1, -0.05) is 0 Å². The van der Waals surface area contributed by atoms with Gasteiger partial charge in [-0.05, 0) is 18.6 Å². The van der Waals surface area contributed by atoms with Gasteiger partial charge < -0.3 is 11.1 Å². The van der Waals surface area contributed by atoms with Gasteiger partial charge in [0.05, 0.1) is 12.2 Å². The second-order valence-electron chi connectivity index (χ2n) is 4.46. The molecule has 1 aromatic rings. The molecule has 1 unspecified atom stereocenters. The number of anilines is 1. The van der Waals surface area contributed by atoms with Crippen LogP contribution in [0.3, 0.4) is 0 Å². The molecule has 19 heavy (non-hydrogen) atoms. The Balaban J connectivity index is 0.00000180. The van der Waals surface area contributed by atoms with Gasteiger partial charge in [0.1, 0.15) is 11.6 Å². The summed E-state index contributed by atoms with van der Waals surface area (Å²) in [6.07, 6.45) is 0.849. The first kappa shape index (κ1) is 15.8. The molecule has 106 valence electrons. The van der Waals surface area contributed by atoms with E-state index in [-0.39, 0.29) is 36.6 Å². The SMILES string of the molecule is Cl.NC1CCN(CC(=O)Nc2cc(F)ccc2F)C1. The molecule has 1 heterocycles. The Hall–Kier alpha value is -1.24. The molecule has 0 bridgehead atoms. The van der Waals surface area contributed by atoms with Crippen LogP contribution in [0.1, 0.15) is 6.42 Å². The fourth-order valence-corrected chi connectivity index (χ4v) is 1.99. The van der Waals surface area contributed by atoms with Crippen molar-refractivity contribution in [2.24, 2.45) is 5.73 Å². The molecule has 3 N–H and O–H groups in total. The summed E-state index contributed by atoms with van der Waals surface area (Å²) >= 11 is 0. The van der Waals surface area contributed by atoms with Crippen molar-refractivity contribution in [3.05, 3.63) is 29.8 Å². The van der Waals surface area contributed by atoms with Gasteiger partial charge in [-0.25, -0.2) is 8.78 Å². The maximum atomic E-state index is 13.3. The Morgan fingerprint density at radius 2 is 2.21 bits per heavy atom. The summed E-state index contributed by atoms with van der Waals surface area (Å²) in [5.74, 6) is -1.61. The predicted octanol–water partition coefficient (Wildman–Crippen LogP) is 1.36. The average molecular weight is 292 g/mol. The molecule has 2 rings (SSSR count). The lowest BCUT2D eigenvalue weighted by Gasteiger charge is -2.14. The van der Waals surface area contributed by atoms with Crippen LogP contribution < -0.4 is 11.1 Å². The topological polar surface area (TPSA) is 58.4 Å². The number of carbonyl (C=O) groups is 1. The summed E-state index contributed by atoms with van der Waals surface area (Å²) in [6.45, 7) is 1.54. The third-order valence-corrected chi connectivity index (χ3v) is 2.88. The van der Waals surface area contributed by atoms with Gasteiger partial charge >= 0.3 is 0 Å². The third kappa shape index (κ3) is 4.41. The maximum Gasteiger partial charge on any atom is 0.238 e. The molecular formula is C12H16ClF2N3O. The first-order valence-corrected chi connectivity index (χ1v) is 5.77. The van der Waals surface area contributed by atoms with E-state index in [1.165, 1.54) is 0 Å². The summed E-state index contributed by atoms with van der Waals surface area (Å²) in [6, 6.07) is 3.04. The maximum absolute atomic E-state index is 13.3. The monoisotopic (exact) mass is 291 g/mol. The molecule has 0 saturated carbocycles. The molecule has 0 spiro atoms. The Kier molecular flexibility index (Phi) is 5.65. The van der Waals surface area contributed by atoms with Gasteiger partial charge in [0.15, 0.2) is 0 Å². The Bertz CT molecular complexity index is 459. The zero-order valence-electron chi connectivity index (χ0n) is 10.2. The Labute approximate surface area is 116 Å². The van der Waals surface area contributed by atoms with Crippen molar-refractivity contribution in [2.45, 2.75) is 12.5 Å². The summed E-state index contributed by atoms with van der Waals surface area (Å²) < 4.78 is 26.2. The first-order chi connectivity index (χ1) is 8.54. The third-order valence-electron chi connectivity index (χ3n) is 2.88. The van der Waals surface area contributed by atoms with E-state index in [2.05, 4.69) is 5.32 Å². The molecule has 0 radical (unpaired) electrons. The minimum atomic E-state index is -0.650. The number of hydrogen-bond acceptors (Lipinski definition) is 3. The lowest BCUT2D eigenvalue weighted by Crippen LogP contribution is -2.33. The van der Waals surface area contributed by atoms with E-state index in [9.17, 15) is 13.6 Å². The highest BCUT2D eigenvalue weighted by Crippen LogP contribution is 2.15. The van der Waals surface area contributed by atoms with Gasteiger partial charge in [0, 0.05) is 25.2 Å². The van der Waals surface area contributed by atoms with E-state index in [4.69, 9.17) is 5.73 Å². The van der Waals surface area contributed by atoms with Crippen LogP contribution >= 0.6 is 12.4 Å². The van der Waals surface area contributed by atoms with E-state index in [0.717, 1.165) is 31.2 Å². The smallest absolute Gasteiger partial charge is 0.238 e. The molecule has 1 amide bonds. The van der Waals surface area contributed by atoms with Crippen molar-refractivity contribution in [2.75, 3.05) is 25.0 Å². The lowest BCUT2D eigenvalue weighted by atomic mass is 10.3. The van der Waals surface area contributed by atoms with Crippen molar-refractivity contribution >= 4 is 24.0 Å². The van der Waals surface area contributed by atoms with Crippen molar-refractivity contribution in [1.29, 1.82) is 0 Å². The van der Waals surface area contributed by atoms with Gasteiger partial charge in [0.2, 0.25) is 5.91 Å². The average Bonchev–Trinajstić information content (AvgIpc) is 2.69. The van der Waals surface area contributed by atoms with E-state index < -0.39 is 11.6 Å². The summed E-state index contributed by atoms with van der Waals surface area (Å²) in [5, 5.41) is 2.36. The normalized spacial score (nSPS) is 19.0. The first-order valence-electron chi connectivity index (χ1n) is 5.77. The number of halogens is 3. The summed E-state index contributed by atoms with van der Waals surface area (Å²) in [5.41, 5.74) is 5.58. The van der Waals surface area contributed by atoms with E-state index in [1.807, 2.05) is 4.90 Å². The highest BCUT2D eigenvalue weighted by Gasteiger charge is 2.21. The van der Waals surface area contributed by atoms with Crippen LogP contribution in [-0.4, -0.2) is 36.5 Å². The molecule has 1 aliphatic rings. The van der Waals surface area contributed by atoms with Crippen molar-refractivity contribution < 1.29 is 13.6 Å². The summed E-state index contributed by atoms with van der Waals surface area (Å²) in [4.78, 5) is 13.5. The predicted molar refractivity (Wildman–Crippen MR) is 71.3 cm³/mol. The van der Waals surface area contributed by atoms with Crippen LogP contribution in [0.4, 0.5) is 14.5 Å². The van der Waals surface area contributed by atoms with Gasteiger partial charge in [-0.15, -0.1) is 12.4 Å². The highest BCUT2D eigenvalue weighted by atomic mass is 35.5. The van der Waals surface area contributed by atoms with Crippen LogP contribution in [-0.2, 0) is 4.79 Å². The molecule has 1 aromatic carbocycles. The number of nitrogens with zero attached hydrogens (tertiary/aromatic N) is 1. The quantitative estimate of drug-likeness (QED) is 0.884. The zero-order valence-corrected chi connectivity index (χ0v) is 11.1. The molecule has 7 heteroatoms. The van der Waals surface area contributed by atoms with Crippen molar-refractivity contribution in [3.8, 4) is 0 Å². The second-order valence-corrected chi connectivity index (χ2v) is 4.46. The van der Waals surface area contributed by atoms with Gasteiger partial charge in [-0.3, -0.25) is 9.69 Å². The molecule has 4 nitrogen and oxygen atoms in total. The van der Waals surface area contributed by atoms with Crippen LogP contribution in [0.15, 0.2) is 18.2 Å². The zero-order chi connectivity index (χ0) is 13.1. The van der Waals surface area contributed by atoms with E-state index >= 15 is 0 Å². The van der Waals surface area contributed by atoms with Crippen LogP contribution in [0.5, 0.6) is 0 Å². The van der Waals surface area contributed by atoms with Crippen LogP contribution in [0.25, 0.3) is 0 Å². The van der Waals surface area contributed by atoms with Gasteiger partial charge in [0.25, 0.3) is 0 Å². The Morgan fingerprint density at radius 3 is 2.84 bits per heavy atom. The largest absolute Gasteiger partial charge is 0.326 e. The Morgan fingerprint density at radius 1 is 1.47 bits per heavy atom. The fraction of sp³-hybridized carbons (Fsp3) is 0.417.